The third-order valence-corrected chi connectivity index (χ3v) is 5.81. The van der Waals surface area contributed by atoms with E-state index < -0.39 is 12.0 Å². The van der Waals surface area contributed by atoms with Gasteiger partial charge in [-0.3, -0.25) is 14.6 Å². The molecule has 5 rings (SSSR count). The first-order valence-electron chi connectivity index (χ1n) is 11.0. The molecule has 1 aliphatic rings. The van der Waals surface area contributed by atoms with Crippen molar-refractivity contribution < 1.29 is 19.1 Å². The summed E-state index contributed by atoms with van der Waals surface area (Å²) in [5.41, 5.74) is 10.1. The van der Waals surface area contributed by atoms with Gasteiger partial charge in [0.1, 0.15) is 17.6 Å². The second-order valence-corrected chi connectivity index (χ2v) is 7.99. The van der Waals surface area contributed by atoms with Gasteiger partial charge in [-0.1, -0.05) is 42.5 Å². The predicted molar refractivity (Wildman–Crippen MR) is 128 cm³/mol. The smallest absolute Gasteiger partial charge is 0.248 e. The van der Waals surface area contributed by atoms with Gasteiger partial charge < -0.3 is 15.2 Å². The molecule has 0 fully saturated rings. The molecule has 0 saturated carbocycles. The van der Waals surface area contributed by atoms with Crippen molar-refractivity contribution >= 4 is 11.7 Å². The summed E-state index contributed by atoms with van der Waals surface area (Å²) in [6, 6.07) is 24.2. The third-order valence-electron chi connectivity index (χ3n) is 5.81. The van der Waals surface area contributed by atoms with Crippen molar-refractivity contribution in [2.75, 3.05) is 6.61 Å². The van der Waals surface area contributed by atoms with Crippen molar-refractivity contribution in [3.63, 3.8) is 0 Å². The van der Waals surface area contributed by atoms with Crippen molar-refractivity contribution in [2.45, 2.75) is 12.5 Å². The van der Waals surface area contributed by atoms with Crippen molar-refractivity contribution in [3.8, 4) is 22.6 Å². The minimum Gasteiger partial charge on any atom is -0.492 e. The van der Waals surface area contributed by atoms with Crippen LogP contribution < -0.4 is 15.2 Å². The van der Waals surface area contributed by atoms with Crippen LogP contribution in [0.2, 0.25) is 0 Å². The lowest BCUT2D eigenvalue weighted by Crippen LogP contribution is -2.16. The second-order valence-electron chi connectivity index (χ2n) is 7.99. The number of rotatable bonds is 6. The Balaban J connectivity index is 1.59. The number of pyridine rings is 1. The van der Waals surface area contributed by atoms with Crippen LogP contribution in [0, 0.1) is 0 Å². The van der Waals surface area contributed by atoms with Crippen LogP contribution >= 0.6 is 0 Å². The number of carbonyl (C=O) groups excluding carboxylic acids is 2. The molecule has 6 heteroatoms. The molecular formula is C28H22N2O4. The fraction of sp³-hybridized carbons (Fsp3) is 0.107. The molecule has 168 valence electrons. The molecule has 0 spiro atoms. The van der Waals surface area contributed by atoms with Gasteiger partial charge >= 0.3 is 0 Å². The number of primary amides is 1. The van der Waals surface area contributed by atoms with E-state index in [4.69, 9.17) is 15.2 Å². The van der Waals surface area contributed by atoms with E-state index >= 15 is 0 Å². The van der Waals surface area contributed by atoms with Crippen molar-refractivity contribution in [2.24, 2.45) is 5.73 Å². The number of benzene rings is 3. The summed E-state index contributed by atoms with van der Waals surface area (Å²) in [5.74, 6) is 0.657. The number of hydrogen-bond donors (Lipinski definition) is 1. The first kappa shape index (κ1) is 21.4. The van der Waals surface area contributed by atoms with Crippen LogP contribution in [0.25, 0.3) is 11.1 Å². The first-order valence-corrected chi connectivity index (χ1v) is 11.0. The van der Waals surface area contributed by atoms with Gasteiger partial charge in [0.25, 0.3) is 0 Å². The molecule has 1 amide bonds. The SMILES string of the molecule is NC(=O)c1ccc([C@H](Oc2ccc3c(c2)OCCC3=O)c2ccncc2-c2ccccc2)cc1. The highest BCUT2D eigenvalue weighted by atomic mass is 16.5. The van der Waals surface area contributed by atoms with E-state index in [9.17, 15) is 9.59 Å². The number of aromatic nitrogens is 1. The number of nitrogens with zero attached hydrogens (tertiary/aromatic N) is 1. The molecule has 3 aromatic carbocycles. The summed E-state index contributed by atoms with van der Waals surface area (Å²) >= 11 is 0. The van der Waals surface area contributed by atoms with Gasteiger partial charge in [0.2, 0.25) is 5.91 Å². The van der Waals surface area contributed by atoms with E-state index in [0.29, 0.717) is 35.7 Å². The molecule has 1 aliphatic heterocycles. The van der Waals surface area contributed by atoms with E-state index in [1.54, 1.807) is 36.5 Å². The number of ketones is 1. The largest absolute Gasteiger partial charge is 0.492 e. The minimum atomic E-state index is -0.516. The Labute approximate surface area is 197 Å². The van der Waals surface area contributed by atoms with Gasteiger partial charge in [0.15, 0.2) is 5.78 Å². The Bertz CT molecular complexity index is 1350. The molecule has 1 aromatic heterocycles. The van der Waals surface area contributed by atoms with Crippen LogP contribution in [0.3, 0.4) is 0 Å². The summed E-state index contributed by atoms with van der Waals surface area (Å²) in [4.78, 5) is 28.1. The molecule has 0 aliphatic carbocycles. The van der Waals surface area contributed by atoms with E-state index in [1.165, 1.54) is 0 Å². The number of carbonyl (C=O) groups is 2. The van der Waals surface area contributed by atoms with E-state index in [1.807, 2.05) is 54.7 Å². The number of nitrogens with two attached hydrogens (primary N) is 1. The Kier molecular flexibility index (Phi) is 5.79. The van der Waals surface area contributed by atoms with Crippen LogP contribution in [-0.4, -0.2) is 23.3 Å². The van der Waals surface area contributed by atoms with Crippen LogP contribution in [0.1, 0.15) is 44.4 Å². The number of hydrogen-bond acceptors (Lipinski definition) is 5. The lowest BCUT2D eigenvalue weighted by molar-refractivity contribution is 0.0932. The highest BCUT2D eigenvalue weighted by Crippen LogP contribution is 2.37. The third kappa shape index (κ3) is 4.26. The number of ether oxygens (including phenoxy) is 2. The zero-order chi connectivity index (χ0) is 23.5. The molecule has 0 radical (unpaired) electrons. The van der Waals surface area contributed by atoms with Crippen molar-refractivity contribution in [1.29, 1.82) is 0 Å². The van der Waals surface area contributed by atoms with Gasteiger partial charge in [0.05, 0.1) is 12.2 Å². The van der Waals surface area contributed by atoms with Crippen LogP contribution in [0.15, 0.2) is 91.3 Å². The van der Waals surface area contributed by atoms with E-state index in [0.717, 1.165) is 22.3 Å². The monoisotopic (exact) mass is 450 g/mol. The molecular weight excluding hydrogens is 428 g/mol. The first-order chi connectivity index (χ1) is 16.6. The summed E-state index contributed by atoms with van der Waals surface area (Å²) in [6.07, 6.45) is 3.40. The quantitative estimate of drug-likeness (QED) is 0.447. The average molecular weight is 450 g/mol. The van der Waals surface area contributed by atoms with Crippen LogP contribution in [-0.2, 0) is 0 Å². The minimum absolute atomic E-state index is 0.0619. The summed E-state index contributed by atoms with van der Waals surface area (Å²) in [6.45, 7) is 0.357. The summed E-state index contributed by atoms with van der Waals surface area (Å²) in [7, 11) is 0. The zero-order valence-corrected chi connectivity index (χ0v) is 18.3. The highest BCUT2D eigenvalue weighted by molar-refractivity contribution is 5.99. The summed E-state index contributed by atoms with van der Waals surface area (Å²) in [5, 5.41) is 0. The summed E-state index contributed by atoms with van der Waals surface area (Å²) < 4.78 is 12.2. The molecule has 34 heavy (non-hydrogen) atoms. The Morgan fingerprint density at radius 3 is 2.53 bits per heavy atom. The van der Waals surface area contributed by atoms with Crippen LogP contribution in [0.4, 0.5) is 0 Å². The molecule has 0 unspecified atom stereocenters. The number of Topliss-reactive ketones (excluding diaryl/α,β-unsaturated/α-hetero) is 1. The Hall–Kier alpha value is -4.45. The maximum atomic E-state index is 12.2. The van der Waals surface area contributed by atoms with E-state index in [2.05, 4.69) is 4.98 Å². The predicted octanol–water partition coefficient (Wildman–Crippen LogP) is 4.98. The molecule has 6 nitrogen and oxygen atoms in total. The second kappa shape index (κ2) is 9.19. The maximum absolute atomic E-state index is 12.2. The van der Waals surface area contributed by atoms with Crippen molar-refractivity contribution in [3.05, 3.63) is 114 Å². The lowest BCUT2D eigenvalue weighted by atomic mass is 9.93. The van der Waals surface area contributed by atoms with E-state index in [-0.39, 0.29) is 5.78 Å². The molecule has 0 bridgehead atoms. The zero-order valence-electron chi connectivity index (χ0n) is 18.3. The highest BCUT2D eigenvalue weighted by Gasteiger charge is 2.23. The molecule has 0 saturated heterocycles. The molecule has 2 N–H and O–H groups in total. The van der Waals surface area contributed by atoms with Gasteiger partial charge in [-0.2, -0.15) is 0 Å². The molecule has 2 heterocycles. The van der Waals surface area contributed by atoms with Crippen molar-refractivity contribution in [1.82, 2.24) is 4.98 Å². The standard InChI is InChI=1S/C28H22N2O4/c29-28(32)20-8-6-19(7-9-20)27(22-12-14-30-17-24(22)18-4-2-1-3-5-18)34-21-10-11-23-25(31)13-15-33-26(23)16-21/h1-12,14,16-17,27H,13,15H2,(H2,29,32)/t27-/m0/s1. The van der Waals surface area contributed by atoms with Gasteiger partial charge in [-0.15, -0.1) is 0 Å². The van der Waals surface area contributed by atoms with Crippen LogP contribution in [0.5, 0.6) is 11.5 Å². The fourth-order valence-corrected chi connectivity index (χ4v) is 4.08. The molecule has 1 atom stereocenters. The lowest BCUT2D eigenvalue weighted by Gasteiger charge is -2.24. The van der Waals surface area contributed by atoms with Gasteiger partial charge in [0, 0.05) is 41.6 Å². The van der Waals surface area contributed by atoms with Gasteiger partial charge in [-0.25, -0.2) is 0 Å². The fourth-order valence-electron chi connectivity index (χ4n) is 4.08. The Morgan fingerprint density at radius 1 is 0.971 bits per heavy atom. The normalized spacial score (nSPS) is 13.5. The Morgan fingerprint density at radius 2 is 1.76 bits per heavy atom. The molecule has 4 aromatic rings. The average Bonchev–Trinajstić information content (AvgIpc) is 2.88. The number of amides is 1. The number of fused-ring (bicyclic) bond motifs is 1. The van der Waals surface area contributed by atoms with Gasteiger partial charge in [-0.05, 0) is 41.5 Å². The topological polar surface area (TPSA) is 91.5 Å². The maximum Gasteiger partial charge on any atom is 0.248 e.